The lowest BCUT2D eigenvalue weighted by Crippen LogP contribution is -2.05. The van der Waals surface area contributed by atoms with Gasteiger partial charge in [0.25, 0.3) is 0 Å². The number of methoxy groups -OCH3 is 1. The highest BCUT2D eigenvalue weighted by atomic mass is 32.2. The Labute approximate surface area is 200 Å². The van der Waals surface area contributed by atoms with E-state index in [1.165, 1.54) is 17.8 Å². The van der Waals surface area contributed by atoms with Crippen LogP contribution in [0.5, 0.6) is 5.75 Å². The number of carbonyl (C=O) groups is 1. The molecule has 0 spiro atoms. The molecule has 5 rings (SSSR count). The fourth-order valence-corrected chi connectivity index (χ4v) is 4.57. The molecule has 0 fully saturated rings. The topological polar surface area (TPSA) is 57.0 Å². The van der Waals surface area contributed by atoms with Crippen molar-refractivity contribution in [3.8, 4) is 22.8 Å². The summed E-state index contributed by atoms with van der Waals surface area (Å²) < 4.78 is 21.6. The molecule has 34 heavy (non-hydrogen) atoms. The summed E-state index contributed by atoms with van der Waals surface area (Å²) in [6.07, 6.45) is 0. The van der Waals surface area contributed by atoms with Gasteiger partial charge in [-0.3, -0.25) is 9.36 Å². The molecule has 0 aliphatic carbocycles. The smallest absolute Gasteiger partial charge is 0.196 e. The van der Waals surface area contributed by atoms with E-state index in [4.69, 9.17) is 4.74 Å². The number of ether oxygens (including phenoxy) is 1. The predicted molar refractivity (Wildman–Crippen MR) is 132 cm³/mol. The summed E-state index contributed by atoms with van der Waals surface area (Å²) >= 11 is 1.27. The Balaban J connectivity index is 1.48. The minimum Gasteiger partial charge on any atom is -0.497 e. The zero-order valence-corrected chi connectivity index (χ0v) is 19.1. The van der Waals surface area contributed by atoms with E-state index in [9.17, 15) is 9.18 Å². The molecule has 0 unspecified atom stereocenters. The number of nitrogens with zero attached hydrogens (tertiary/aromatic N) is 3. The standard InChI is InChI=1S/C27H20FN3O2S/c1-33-22-14-12-21(13-15-22)31-26(23-8-4-5-9-24(23)28)29-30-27(31)34-17-25(32)20-11-10-18-6-2-3-7-19(18)16-20/h2-16H,17H2,1H3. The molecule has 5 nitrogen and oxygen atoms in total. The summed E-state index contributed by atoms with van der Waals surface area (Å²) in [5, 5.41) is 11.2. The number of hydrogen-bond acceptors (Lipinski definition) is 5. The monoisotopic (exact) mass is 469 g/mol. The Morgan fingerprint density at radius 1 is 0.912 bits per heavy atom. The number of aromatic nitrogens is 3. The Morgan fingerprint density at radius 2 is 1.65 bits per heavy atom. The minimum atomic E-state index is -0.395. The molecular weight excluding hydrogens is 449 g/mol. The molecule has 0 saturated heterocycles. The zero-order chi connectivity index (χ0) is 23.5. The molecule has 0 bridgehead atoms. The molecule has 7 heteroatoms. The number of halogens is 1. The zero-order valence-electron chi connectivity index (χ0n) is 18.3. The molecule has 0 aliphatic rings. The van der Waals surface area contributed by atoms with Gasteiger partial charge in [-0.2, -0.15) is 0 Å². The second-order valence-electron chi connectivity index (χ2n) is 7.59. The third-order valence-electron chi connectivity index (χ3n) is 5.48. The van der Waals surface area contributed by atoms with Gasteiger partial charge in [0.1, 0.15) is 11.6 Å². The third-order valence-corrected chi connectivity index (χ3v) is 6.41. The summed E-state index contributed by atoms with van der Waals surface area (Å²) in [6, 6.07) is 27.4. The average molecular weight is 470 g/mol. The number of hydrogen-bond donors (Lipinski definition) is 0. The second-order valence-corrected chi connectivity index (χ2v) is 8.54. The van der Waals surface area contributed by atoms with Crippen LogP contribution in [0, 0.1) is 5.82 Å². The van der Waals surface area contributed by atoms with Crippen molar-refractivity contribution in [1.82, 2.24) is 14.8 Å². The van der Waals surface area contributed by atoms with Gasteiger partial charge in [0.15, 0.2) is 16.8 Å². The normalized spacial score (nSPS) is 11.0. The number of rotatable bonds is 7. The molecular formula is C27H20FN3O2S. The van der Waals surface area contributed by atoms with Gasteiger partial charge < -0.3 is 4.74 Å². The number of thioether (sulfide) groups is 1. The molecule has 0 amide bonds. The van der Waals surface area contributed by atoms with Crippen LogP contribution in [0.4, 0.5) is 4.39 Å². The lowest BCUT2D eigenvalue weighted by molar-refractivity contribution is 0.102. The highest BCUT2D eigenvalue weighted by Crippen LogP contribution is 2.30. The third kappa shape index (κ3) is 4.30. The predicted octanol–water partition coefficient (Wildman–Crippen LogP) is 6.21. The molecule has 0 atom stereocenters. The average Bonchev–Trinajstić information content (AvgIpc) is 3.31. The Bertz CT molecular complexity index is 1480. The first kappa shape index (κ1) is 21.9. The van der Waals surface area contributed by atoms with Gasteiger partial charge >= 0.3 is 0 Å². The van der Waals surface area contributed by atoms with E-state index >= 15 is 0 Å². The molecule has 0 aliphatic heterocycles. The van der Waals surface area contributed by atoms with E-state index in [2.05, 4.69) is 10.2 Å². The Kier molecular flexibility index (Phi) is 6.10. The van der Waals surface area contributed by atoms with Crippen molar-refractivity contribution in [2.24, 2.45) is 0 Å². The quantitative estimate of drug-likeness (QED) is 0.210. The summed E-state index contributed by atoms with van der Waals surface area (Å²) in [7, 11) is 1.60. The fraction of sp³-hybridized carbons (Fsp3) is 0.0741. The Morgan fingerprint density at radius 3 is 2.41 bits per heavy atom. The summed E-state index contributed by atoms with van der Waals surface area (Å²) in [5.41, 5.74) is 1.71. The first-order valence-corrected chi connectivity index (χ1v) is 11.6. The van der Waals surface area contributed by atoms with E-state index in [-0.39, 0.29) is 11.5 Å². The van der Waals surface area contributed by atoms with Crippen molar-refractivity contribution in [3.05, 3.63) is 102 Å². The van der Waals surface area contributed by atoms with Crippen LogP contribution in [-0.2, 0) is 0 Å². The highest BCUT2D eigenvalue weighted by Gasteiger charge is 2.20. The molecule has 1 aromatic heterocycles. The van der Waals surface area contributed by atoms with Crippen molar-refractivity contribution in [1.29, 1.82) is 0 Å². The van der Waals surface area contributed by atoms with E-state index < -0.39 is 5.82 Å². The van der Waals surface area contributed by atoms with Gasteiger partial charge in [-0.05, 0) is 53.2 Å². The van der Waals surface area contributed by atoms with Gasteiger partial charge in [-0.1, -0.05) is 60.3 Å². The maximum Gasteiger partial charge on any atom is 0.196 e. The highest BCUT2D eigenvalue weighted by molar-refractivity contribution is 7.99. The van der Waals surface area contributed by atoms with E-state index in [1.807, 2.05) is 66.7 Å². The summed E-state index contributed by atoms with van der Waals surface area (Å²) in [6.45, 7) is 0. The molecule has 5 aromatic rings. The first-order valence-electron chi connectivity index (χ1n) is 10.6. The van der Waals surface area contributed by atoms with Crippen molar-refractivity contribution in [3.63, 3.8) is 0 Å². The van der Waals surface area contributed by atoms with Crippen LogP contribution in [0.25, 0.3) is 27.8 Å². The van der Waals surface area contributed by atoms with Crippen LogP contribution in [0.1, 0.15) is 10.4 Å². The van der Waals surface area contributed by atoms with Crippen LogP contribution in [0.15, 0.2) is 96.2 Å². The lowest BCUT2D eigenvalue weighted by Gasteiger charge is -2.11. The van der Waals surface area contributed by atoms with Crippen LogP contribution in [0.3, 0.4) is 0 Å². The van der Waals surface area contributed by atoms with E-state index in [0.717, 1.165) is 16.5 Å². The minimum absolute atomic E-state index is 0.0209. The van der Waals surface area contributed by atoms with Crippen LogP contribution < -0.4 is 4.74 Å². The van der Waals surface area contributed by atoms with Crippen molar-refractivity contribution < 1.29 is 13.9 Å². The lowest BCUT2D eigenvalue weighted by atomic mass is 10.1. The number of Topliss-reactive ketones (excluding diaryl/α,β-unsaturated/α-hetero) is 1. The SMILES string of the molecule is COc1ccc(-n2c(SCC(=O)c3ccc4ccccc4c3)nnc2-c2ccccc2F)cc1. The maximum absolute atomic E-state index is 14.6. The number of ketones is 1. The summed E-state index contributed by atoms with van der Waals surface area (Å²) in [5.74, 6) is 0.818. The van der Waals surface area contributed by atoms with Crippen molar-refractivity contribution in [2.75, 3.05) is 12.9 Å². The van der Waals surface area contributed by atoms with Crippen LogP contribution >= 0.6 is 11.8 Å². The number of carbonyl (C=O) groups excluding carboxylic acids is 1. The first-order chi connectivity index (χ1) is 16.6. The molecule has 1 heterocycles. The van der Waals surface area contributed by atoms with E-state index in [1.54, 1.807) is 29.9 Å². The van der Waals surface area contributed by atoms with Crippen molar-refractivity contribution >= 4 is 28.3 Å². The Hall–Kier alpha value is -3.97. The number of fused-ring (bicyclic) bond motifs is 1. The van der Waals surface area contributed by atoms with Gasteiger partial charge in [0.05, 0.1) is 24.1 Å². The summed E-state index contributed by atoms with van der Waals surface area (Å²) in [4.78, 5) is 13.0. The second kappa shape index (κ2) is 9.49. The van der Waals surface area contributed by atoms with E-state index in [0.29, 0.717) is 27.9 Å². The molecule has 0 N–H and O–H groups in total. The molecule has 4 aromatic carbocycles. The van der Waals surface area contributed by atoms with Crippen LogP contribution in [0.2, 0.25) is 0 Å². The van der Waals surface area contributed by atoms with Gasteiger partial charge in [-0.15, -0.1) is 10.2 Å². The van der Waals surface area contributed by atoms with Crippen molar-refractivity contribution in [2.45, 2.75) is 5.16 Å². The fourth-order valence-electron chi connectivity index (χ4n) is 3.72. The molecule has 0 radical (unpaired) electrons. The maximum atomic E-state index is 14.6. The molecule has 0 saturated carbocycles. The van der Waals surface area contributed by atoms with Gasteiger partial charge in [0, 0.05) is 5.56 Å². The molecule has 168 valence electrons. The van der Waals surface area contributed by atoms with Gasteiger partial charge in [0.2, 0.25) is 0 Å². The largest absolute Gasteiger partial charge is 0.497 e. The van der Waals surface area contributed by atoms with Gasteiger partial charge in [-0.25, -0.2) is 4.39 Å². The number of benzene rings is 4. The van der Waals surface area contributed by atoms with Crippen LogP contribution in [-0.4, -0.2) is 33.4 Å².